The second-order valence-electron chi connectivity index (χ2n) is 9.21. The third-order valence-corrected chi connectivity index (χ3v) is 6.05. The van der Waals surface area contributed by atoms with E-state index in [-0.39, 0.29) is 38.2 Å². The van der Waals surface area contributed by atoms with Crippen molar-refractivity contribution in [3.8, 4) is 11.5 Å². The highest BCUT2D eigenvalue weighted by atomic mass is 16.5. The molecular weight excluding hydrogens is 512 g/mol. The van der Waals surface area contributed by atoms with Crippen molar-refractivity contribution in [3.05, 3.63) is 110 Å². The number of nitrogens with zero attached hydrogens (tertiary/aromatic N) is 5. The summed E-state index contributed by atoms with van der Waals surface area (Å²) in [5, 5.41) is 0. The summed E-state index contributed by atoms with van der Waals surface area (Å²) < 4.78 is 14.0. The fourth-order valence-electron chi connectivity index (χ4n) is 4.02. The van der Waals surface area contributed by atoms with Gasteiger partial charge in [0.1, 0.15) is 11.5 Å². The molecule has 11 heteroatoms. The zero-order valence-electron chi connectivity index (χ0n) is 22.7. The largest absolute Gasteiger partial charge is 0.466 e. The average molecular weight is 545 g/mol. The minimum atomic E-state index is -0.735. The van der Waals surface area contributed by atoms with Gasteiger partial charge in [0.25, 0.3) is 0 Å². The highest BCUT2D eigenvalue weighted by Crippen LogP contribution is 2.23. The summed E-state index contributed by atoms with van der Waals surface area (Å²) in [6.07, 6.45) is 1.98. The van der Waals surface area contributed by atoms with Gasteiger partial charge in [0.15, 0.2) is 0 Å². The maximum absolute atomic E-state index is 13.6. The number of hydrogen-bond acceptors (Lipinski definition) is 8. The van der Waals surface area contributed by atoms with Crippen molar-refractivity contribution in [2.45, 2.75) is 46.7 Å². The molecule has 0 radical (unpaired) electrons. The zero-order valence-corrected chi connectivity index (χ0v) is 22.7. The predicted molar refractivity (Wildman–Crippen MR) is 150 cm³/mol. The van der Waals surface area contributed by atoms with Crippen LogP contribution in [0.25, 0.3) is 0 Å². The van der Waals surface area contributed by atoms with Gasteiger partial charge in [-0.1, -0.05) is 29.8 Å². The molecule has 0 amide bonds. The zero-order chi connectivity index (χ0) is 28.6. The minimum absolute atomic E-state index is 0.00236. The van der Waals surface area contributed by atoms with Crippen molar-refractivity contribution >= 4 is 11.7 Å². The van der Waals surface area contributed by atoms with Crippen LogP contribution in [0.15, 0.2) is 81.4 Å². The molecule has 0 aliphatic heterocycles. The lowest BCUT2D eigenvalue weighted by Crippen LogP contribution is -2.57. The van der Waals surface area contributed by atoms with Gasteiger partial charge in [-0.05, 0) is 63.1 Å². The van der Waals surface area contributed by atoms with Crippen LogP contribution >= 0.6 is 0 Å². The van der Waals surface area contributed by atoms with Crippen LogP contribution in [0.4, 0.5) is 5.69 Å². The van der Waals surface area contributed by atoms with E-state index >= 15 is 0 Å². The van der Waals surface area contributed by atoms with Crippen LogP contribution in [0.1, 0.15) is 36.6 Å². The Morgan fingerprint density at radius 3 is 2.35 bits per heavy atom. The lowest BCUT2D eigenvalue weighted by molar-refractivity contribution is -0.143. The number of hydrogen-bond donors (Lipinski definition) is 1. The molecule has 2 aromatic carbocycles. The number of carbonyl (C=O) groups is 1. The molecule has 0 aliphatic carbocycles. The van der Waals surface area contributed by atoms with E-state index in [1.54, 1.807) is 43.5 Å². The van der Waals surface area contributed by atoms with Crippen molar-refractivity contribution < 1.29 is 14.3 Å². The van der Waals surface area contributed by atoms with E-state index in [2.05, 4.69) is 9.98 Å². The molecule has 0 aliphatic rings. The maximum Gasteiger partial charge on any atom is 0.353 e. The summed E-state index contributed by atoms with van der Waals surface area (Å²) in [6.45, 7) is 5.96. The van der Waals surface area contributed by atoms with Gasteiger partial charge in [-0.15, -0.1) is 0 Å². The van der Waals surface area contributed by atoms with Gasteiger partial charge in [0, 0.05) is 30.9 Å². The number of aromatic nitrogens is 4. The van der Waals surface area contributed by atoms with Crippen molar-refractivity contribution in [1.82, 2.24) is 18.8 Å². The molecule has 2 aromatic heterocycles. The van der Waals surface area contributed by atoms with E-state index in [4.69, 9.17) is 15.3 Å². The number of nitrogens with two attached hydrogens (primary N) is 1. The third kappa shape index (κ3) is 6.93. The number of aryl methyl sites for hydroxylation is 2. The fourth-order valence-corrected chi connectivity index (χ4v) is 4.02. The second-order valence-corrected chi connectivity index (χ2v) is 9.21. The summed E-state index contributed by atoms with van der Waals surface area (Å²) in [6, 6.07) is 18.1. The molecule has 208 valence electrons. The van der Waals surface area contributed by atoms with Crippen LogP contribution in [0.5, 0.6) is 11.5 Å². The van der Waals surface area contributed by atoms with Crippen LogP contribution in [0.3, 0.4) is 0 Å². The van der Waals surface area contributed by atoms with Crippen molar-refractivity contribution in [2.75, 3.05) is 12.4 Å². The molecule has 0 spiro atoms. The highest BCUT2D eigenvalue weighted by Gasteiger charge is 2.14. The Kier molecular flexibility index (Phi) is 8.95. The monoisotopic (exact) mass is 544 g/mol. The lowest BCUT2D eigenvalue weighted by atomic mass is 10.1. The molecular formula is C29H32N6O5. The van der Waals surface area contributed by atoms with Crippen molar-refractivity contribution in [1.29, 1.82) is 0 Å². The van der Waals surface area contributed by atoms with E-state index in [9.17, 15) is 14.4 Å². The van der Waals surface area contributed by atoms with Crippen LogP contribution in [0, 0.1) is 13.8 Å². The van der Waals surface area contributed by atoms with Gasteiger partial charge in [0.05, 0.1) is 18.8 Å². The normalized spacial score (nSPS) is 11.4. The summed E-state index contributed by atoms with van der Waals surface area (Å²) in [4.78, 5) is 47.2. The Morgan fingerprint density at radius 2 is 1.68 bits per heavy atom. The molecule has 2 N–H and O–H groups in total. The standard InChI is InChI=1S/C29H32N6O5/c1-4-39-26(36)6-5-17-33-28(37)34(19-22-9-7-20(2)8-10-22)27(35(30)29(33)38)32-23-11-13-24(14-12-23)40-25-15-16-31-21(3)18-25/h7-16,18H,4-6,17,19,30H2,1-3H3/b32-27-. The molecule has 0 bridgehead atoms. The van der Waals surface area contributed by atoms with Crippen LogP contribution in [-0.2, 0) is 22.6 Å². The summed E-state index contributed by atoms with van der Waals surface area (Å²) >= 11 is 0. The molecule has 0 unspecified atom stereocenters. The van der Waals surface area contributed by atoms with Gasteiger partial charge >= 0.3 is 17.3 Å². The van der Waals surface area contributed by atoms with Crippen molar-refractivity contribution in [2.24, 2.45) is 4.99 Å². The number of pyridine rings is 1. The summed E-state index contributed by atoms with van der Waals surface area (Å²) in [5.74, 6) is 7.05. The Morgan fingerprint density at radius 1 is 0.950 bits per heavy atom. The first-order chi connectivity index (χ1) is 19.2. The first kappa shape index (κ1) is 28.1. The third-order valence-electron chi connectivity index (χ3n) is 6.05. The van der Waals surface area contributed by atoms with Gasteiger partial charge in [-0.25, -0.2) is 19.1 Å². The van der Waals surface area contributed by atoms with E-state index in [1.807, 2.05) is 44.2 Å². The molecule has 0 fully saturated rings. The molecule has 0 saturated carbocycles. The topological polar surface area (TPSA) is 136 Å². The second kappa shape index (κ2) is 12.7. The Labute approximate surface area is 230 Å². The first-order valence-corrected chi connectivity index (χ1v) is 12.9. The van der Waals surface area contributed by atoms with Gasteiger partial charge in [0.2, 0.25) is 5.62 Å². The Bertz CT molecular complexity index is 1670. The van der Waals surface area contributed by atoms with E-state index < -0.39 is 17.3 Å². The lowest BCUT2D eigenvalue weighted by Gasteiger charge is -2.14. The SMILES string of the molecule is CCOC(=O)CCCn1c(=O)n(N)/c(=N\c2ccc(Oc3ccnc(C)c3)cc2)n(Cc2ccc(C)cc2)c1=O. The van der Waals surface area contributed by atoms with Crippen molar-refractivity contribution in [3.63, 3.8) is 0 Å². The fraction of sp³-hybridized carbons (Fsp3) is 0.276. The van der Waals surface area contributed by atoms with Crippen LogP contribution in [0.2, 0.25) is 0 Å². The first-order valence-electron chi connectivity index (χ1n) is 12.9. The number of rotatable bonds is 10. The predicted octanol–water partition coefficient (Wildman–Crippen LogP) is 2.95. The minimum Gasteiger partial charge on any atom is -0.466 e. The Balaban J connectivity index is 1.72. The highest BCUT2D eigenvalue weighted by molar-refractivity contribution is 5.69. The van der Waals surface area contributed by atoms with Gasteiger partial charge < -0.3 is 15.3 Å². The number of nitrogen functional groups attached to an aromatic ring is 1. The molecule has 2 heterocycles. The summed E-state index contributed by atoms with van der Waals surface area (Å²) in [5.41, 5.74) is 1.87. The van der Waals surface area contributed by atoms with E-state index in [0.29, 0.717) is 17.2 Å². The summed E-state index contributed by atoms with van der Waals surface area (Å²) in [7, 11) is 0. The molecule has 0 saturated heterocycles. The average Bonchev–Trinajstić information content (AvgIpc) is 2.93. The van der Waals surface area contributed by atoms with Gasteiger partial charge in [-0.3, -0.25) is 14.3 Å². The van der Waals surface area contributed by atoms with E-state index in [0.717, 1.165) is 26.1 Å². The number of ether oxygens (including phenoxy) is 2. The van der Waals surface area contributed by atoms with Crippen LogP contribution < -0.4 is 27.6 Å². The van der Waals surface area contributed by atoms with Crippen LogP contribution in [-0.4, -0.2) is 31.4 Å². The molecule has 4 aromatic rings. The number of esters is 1. The number of benzene rings is 2. The quantitative estimate of drug-likeness (QED) is 0.239. The van der Waals surface area contributed by atoms with E-state index in [1.165, 1.54) is 4.57 Å². The smallest absolute Gasteiger partial charge is 0.353 e. The van der Waals surface area contributed by atoms with Gasteiger partial charge in [-0.2, -0.15) is 4.68 Å². The molecule has 11 nitrogen and oxygen atoms in total. The molecule has 40 heavy (non-hydrogen) atoms. The Hall–Kier alpha value is -4.93. The molecule has 0 atom stereocenters. The molecule has 4 rings (SSSR count). The number of carbonyl (C=O) groups excluding carboxylic acids is 1. The maximum atomic E-state index is 13.6.